The Morgan fingerprint density at radius 1 is 1.30 bits per heavy atom. The number of benzene rings is 1. The number of nitriles is 1. The SMILES string of the molecule is Cc1cc(C)nc(Sc2ccc([N+](=O)[O-])c(C#N)c2)c1. The first-order chi connectivity index (χ1) is 9.49. The van der Waals surface area contributed by atoms with Crippen molar-refractivity contribution in [2.75, 3.05) is 0 Å². The average Bonchev–Trinajstić information content (AvgIpc) is 2.37. The highest BCUT2D eigenvalue weighted by Crippen LogP contribution is 2.30. The lowest BCUT2D eigenvalue weighted by Crippen LogP contribution is -1.92. The summed E-state index contributed by atoms with van der Waals surface area (Å²) in [5.74, 6) is 0. The lowest BCUT2D eigenvalue weighted by atomic mass is 10.2. The van der Waals surface area contributed by atoms with E-state index in [2.05, 4.69) is 4.98 Å². The van der Waals surface area contributed by atoms with E-state index >= 15 is 0 Å². The molecule has 0 atom stereocenters. The second-order valence-corrected chi connectivity index (χ2v) is 5.37. The van der Waals surface area contributed by atoms with Crippen LogP contribution in [0.1, 0.15) is 16.8 Å². The van der Waals surface area contributed by atoms with Crippen LogP contribution in [0.2, 0.25) is 0 Å². The number of hydrogen-bond donors (Lipinski definition) is 0. The molecule has 1 heterocycles. The fourth-order valence-corrected chi connectivity index (χ4v) is 2.79. The summed E-state index contributed by atoms with van der Waals surface area (Å²) < 4.78 is 0. The van der Waals surface area contributed by atoms with Crippen LogP contribution in [0.4, 0.5) is 5.69 Å². The van der Waals surface area contributed by atoms with Crippen molar-refractivity contribution in [2.45, 2.75) is 23.8 Å². The van der Waals surface area contributed by atoms with E-state index in [-0.39, 0.29) is 11.3 Å². The lowest BCUT2D eigenvalue weighted by Gasteiger charge is -2.04. The zero-order chi connectivity index (χ0) is 14.7. The van der Waals surface area contributed by atoms with Gasteiger partial charge < -0.3 is 0 Å². The first-order valence-electron chi connectivity index (χ1n) is 5.81. The molecule has 20 heavy (non-hydrogen) atoms. The van der Waals surface area contributed by atoms with Gasteiger partial charge in [0.2, 0.25) is 0 Å². The molecule has 0 aliphatic carbocycles. The number of aromatic nitrogens is 1. The van der Waals surface area contributed by atoms with Gasteiger partial charge in [0.05, 0.1) is 4.92 Å². The van der Waals surface area contributed by atoms with Crippen molar-refractivity contribution in [3.8, 4) is 6.07 Å². The number of nitro groups is 1. The topological polar surface area (TPSA) is 79.8 Å². The minimum Gasteiger partial charge on any atom is -0.258 e. The van der Waals surface area contributed by atoms with Crippen LogP contribution in [0.15, 0.2) is 40.3 Å². The van der Waals surface area contributed by atoms with Crippen molar-refractivity contribution < 1.29 is 4.92 Å². The van der Waals surface area contributed by atoms with Gasteiger partial charge in [0.1, 0.15) is 16.7 Å². The van der Waals surface area contributed by atoms with Crippen LogP contribution in [0, 0.1) is 35.3 Å². The molecular weight excluding hydrogens is 274 g/mol. The van der Waals surface area contributed by atoms with E-state index in [1.54, 1.807) is 6.07 Å². The minimum absolute atomic E-state index is 0.0596. The van der Waals surface area contributed by atoms with Gasteiger partial charge in [-0.3, -0.25) is 10.1 Å². The van der Waals surface area contributed by atoms with E-state index in [1.165, 1.54) is 23.9 Å². The Kier molecular flexibility index (Phi) is 4.01. The Balaban J connectivity index is 2.35. The second kappa shape index (κ2) is 5.72. The zero-order valence-electron chi connectivity index (χ0n) is 11.0. The first-order valence-corrected chi connectivity index (χ1v) is 6.63. The first kappa shape index (κ1) is 14.0. The number of nitro benzene ring substituents is 1. The molecule has 0 amide bonds. The Hall–Kier alpha value is -2.39. The molecule has 0 spiro atoms. The molecule has 2 rings (SSSR count). The van der Waals surface area contributed by atoms with Gasteiger partial charge in [-0.1, -0.05) is 11.8 Å². The van der Waals surface area contributed by atoms with E-state index in [0.717, 1.165) is 21.2 Å². The maximum atomic E-state index is 10.8. The predicted molar refractivity (Wildman–Crippen MR) is 75.6 cm³/mol. The van der Waals surface area contributed by atoms with Crippen LogP contribution in [-0.4, -0.2) is 9.91 Å². The van der Waals surface area contributed by atoms with Crippen molar-refractivity contribution in [1.29, 1.82) is 5.26 Å². The fourth-order valence-electron chi connectivity index (χ4n) is 1.80. The quantitative estimate of drug-likeness (QED) is 0.635. The van der Waals surface area contributed by atoms with Crippen LogP contribution in [0.3, 0.4) is 0 Å². The van der Waals surface area contributed by atoms with Crippen LogP contribution in [0.25, 0.3) is 0 Å². The molecule has 0 saturated carbocycles. The number of nitrogens with zero attached hydrogens (tertiary/aromatic N) is 3. The molecular formula is C14H11N3O2S. The second-order valence-electron chi connectivity index (χ2n) is 4.27. The van der Waals surface area contributed by atoms with Crippen LogP contribution in [-0.2, 0) is 0 Å². The molecule has 0 unspecified atom stereocenters. The van der Waals surface area contributed by atoms with Crippen molar-refractivity contribution in [1.82, 2.24) is 4.98 Å². The number of aryl methyl sites for hydroxylation is 2. The number of pyridine rings is 1. The van der Waals surface area contributed by atoms with Gasteiger partial charge >= 0.3 is 0 Å². The van der Waals surface area contributed by atoms with E-state index in [4.69, 9.17) is 5.26 Å². The zero-order valence-corrected chi connectivity index (χ0v) is 11.8. The molecule has 0 saturated heterocycles. The highest BCUT2D eigenvalue weighted by molar-refractivity contribution is 7.99. The summed E-state index contributed by atoms with van der Waals surface area (Å²) in [6.45, 7) is 3.89. The van der Waals surface area contributed by atoms with E-state index < -0.39 is 4.92 Å². The van der Waals surface area contributed by atoms with Crippen molar-refractivity contribution in [3.05, 3.63) is 57.3 Å². The lowest BCUT2D eigenvalue weighted by molar-refractivity contribution is -0.385. The van der Waals surface area contributed by atoms with Crippen LogP contribution in [0.5, 0.6) is 0 Å². The molecule has 100 valence electrons. The Morgan fingerprint density at radius 3 is 2.65 bits per heavy atom. The van der Waals surface area contributed by atoms with Crippen LogP contribution < -0.4 is 0 Å². The van der Waals surface area contributed by atoms with E-state index in [9.17, 15) is 10.1 Å². The highest BCUT2D eigenvalue weighted by atomic mass is 32.2. The Labute approximate surface area is 120 Å². The smallest absolute Gasteiger partial charge is 0.258 e. The number of rotatable bonds is 3. The van der Waals surface area contributed by atoms with Gasteiger partial charge in [-0.15, -0.1) is 0 Å². The molecule has 6 heteroatoms. The molecule has 0 aliphatic rings. The molecule has 0 N–H and O–H groups in total. The van der Waals surface area contributed by atoms with Gasteiger partial charge in [-0.05, 0) is 43.7 Å². The monoisotopic (exact) mass is 285 g/mol. The summed E-state index contributed by atoms with van der Waals surface area (Å²) in [5, 5.41) is 20.5. The van der Waals surface area contributed by atoms with Gasteiger partial charge in [0.15, 0.2) is 0 Å². The van der Waals surface area contributed by atoms with Crippen LogP contribution >= 0.6 is 11.8 Å². The molecule has 0 radical (unpaired) electrons. The molecule has 1 aromatic heterocycles. The average molecular weight is 285 g/mol. The summed E-state index contributed by atoms with van der Waals surface area (Å²) in [5.41, 5.74) is 1.90. The summed E-state index contributed by atoms with van der Waals surface area (Å²) in [6, 6.07) is 10.3. The summed E-state index contributed by atoms with van der Waals surface area (Å²) >= 11 is 1.38. The highest BCUT2D eigenvalue weighted by Gasteiger charge is 2.14. The van der Waals surface area contributed by atoms with E-state index in [1.807, 2.05) is 32.0 Å². The molecule has 0 fully saturated rings. The predicted octanol–water partition coefficient (Wildman–Crippen LogP) is 3.63. The van der Waals surface area contributed by atoms with Gasteiger partial charge in [-0.2, -0.15) is 5.26 Å². The normalized spacial score (nSPS) is 10.1. The van der Waals surface area contributed by atoms with Gasteiger partial charge in [-0.25, -0.2) is 4.98 Å². The van der Waals surface area contributed by atoms with Crippen molar-refractivity contribution in [2.24, 2.45) is 0 Å². The molecule has 0 bridgehead atoms. The minimum atomic E-state index is -0.554. The summed E-state index contributed by atoms with van der Waals surface area (Å²) in [7, 11) is 0. The van der Waals surface area contributed by atoms with Crippen molar-refractivity contribution in [3.63, 3.8) is 0 Å². The van der Waals surface area contributed by atoms with Gasteiger partial charge in [0.25, 0.3) is 5.69 Å². The maximum absolute atomic E-state index is 10.8. The summed E-state index contributed by atoms with van der Waals surface area (Å²) in [4.78, 5) is 15.4. The van der Waals surface area contributed by atoms with Crippen molar-refractivity contribution >= 4 is 17.4 Å². The number of hydrogen-bond acceptors (Lipinski definition) is 5. The third-order valence-electron chi connectivity index (χ3n) is 2.58. The Morgan fingerprint density at radius 2 is 2.05 bits per heavy atom. The third-order valence-corrected chi connectivity index (χ3v) is 3.49. The molecule has 0 aliphatic heterocycles. The maximum Gasteiger partial charge on any atom is 0.287 e. The fraction of sp³-hybridized carbons (Fsp3) is 0.143. The van der Waals surface area contributed by atoms with E-state index in [0.29, 0.717) is 0 Å². The third kappa shape index (κ3) is 3.13. The standard InChI is InChI=1S/C14H11N3O2S/c1-9-5-10(2)16-14(6-9)20-12-3-4-13(17(18)19)11(7-12)8-15/h3-7H,1-2H3. The Bertz CT molecular complexity index is 703. The molecule has 1 aromatic carbocycles. The molecule has 2 aromatic rings. The largest absolute Gasteiger partial charge is 0.287 e. The van der Waals surface area contributed by atoms with Gasteiger partial charge in [0, 0.05) is 16.7 Å². The molecule has 5 nitrogen and oxygen atoms in total. The summed E-state index contributed by atoms with van der Waals surface area (Å²) in [6.07, 6.45) is 0.